The first-order valence-electron chi connectivity index (χ1n) is 8.56. The third kappa shape index (κ3) is 3.59. The Morgan fingerprint density at radius 3 is 2.57 bits per heavy atom. The summed E-state index contributed by atoms with van der Waals surface area (Å²) in [6.45, 7) is 0.267. The molecule has 7 heteroatoms. The van der Waals surface area contributed by atoms with Crippen LogP contribution in [0.2, 0.25) is 0 Å². The molecule has 0 bridgehead atoms. The molecule has 28 heavy (non-hydrogen) atoms. The highest BCUT2D eigenvalue weighted by Gasteiger charge is 2.08. The molecule has 0 fully saturated rings. The number of nitrogens with one attached hydrogen (secondary N) is 1. The molecule has 4 aromatic rings. The molecule has 0 aliphatic carbocycles. The second-order valence-corrected chi connectivity index (χ2v) is 6.17. The van der Waals surface area contributed by atoms with Gasteiger partial charge in [-0.25, -0.2) is 4.98 Å². The average molecular weight is 373 g/mol. The van der Waals surface area contributed by atoms with Gasteiger partial charge in [-0.05, 0) is 42.0 Å². The molecule has 0 saturated carbocycles. The summed E-state index contributed by atoms with van der Waals surface area (Å²) in [7, 11) is 0. The first-order chi connectivity index (χ1) is 13.6. The van der Waals surface area contributed by atoms with Crippen molar-refractivity contribution in [2.24, 2.45) is 0 Å². The zero-order chi connectivity index (χ0) is 19.5. The molecule has 1 heterocycles. The van der Waals surface area contributed by atoms with E-state index in [4.69, 9.17) is 4.74 Å². The van der Waals surface area contributed by atoms with E-state index in [9.17, 15) is 14.9 Å². The van der Waals surface area contributed by atoms with Gasteiger partial charge in [0.25, 0.3) is 11.2 Å². The van der Waals surface area contributed by atoms with Gasteiger partial charge in [-0.15, -0.1) is 0 Å². The highest BCUT2D eigenvalue weighted by atomic mass is 16.6. The molecule has 0 unspecified atom stereocenters. The van der Waals surface area contributed by atoms with E-state index in [1.807, 2.05) is 18.2 Å². The number of para-hydroxylation sites is 1. The number of nitrogens with zero attached hydrogens (tertiary/aromatic N) is 2. The van der Waals surface area contributed by atoms with Gasteiger partial charge in [-0.1, -0.05) is 24.3 Å². The Bertz CT molecular complexity index is 1220. The van der Waals surface area contributed by atoms with Crippen LogP contribution in [0.4, 0.5) is 5.69 Å². The number of aromatic amines is 1. The summed E-state index contributed by atoms with van der Waals surface area (Å²) in [4.78, 5) is 29.9. The third-order valence-electron chi connectivity index (χ3n) is 4.27. The quantitative estimate of drug-likeness (QED) is 0.420. The zero-order valence-electron chi connectivity index (χ0n) is 14.7. The van der Waals surface area contributed by atoms with Gasteiger partial charge in [-0.3, -0.25) is 14.9 Å². The fraction of sp³-hybridized carbons (Fsp3) is 0.0476. The van der Waals surface area contributed by atoms with Crippen molar-refractivity contribution >= 4 is 16.6 Å². The van der Waals surface area contributed by atoms with E-state index in [0.717, 1.165) is 11.1 Å². The van der Waals surface area contributed by atoms with Gasteiger partial charge in [0.15, 0.2) is 0 Å². The summed E-state index contributed by atoms with van der Waals surface area (Å²) in [5.41, 5.74) is 2.01. The average Bonchev–Trinajstić information content (AvgIpc) is 2.73. The molecule has 0 radical (unpaired) electrons. The minimum Gasteiger partial charge on any atom is -0.489 e. The standard InChI is InChI=1S/C21H15N3O4/c25-21-18-6-1-2-7-19(18)22-20(23-21)15-4-3-5-17(12-15)28-13-14-8-10-16(11-9-14)24(26)27/h1-12H,13H2,(H,22,23,25). The Hall–Kier alpha value is -4.00. The second kappa shape index (κ2) is 7.32. The Labute approximate surface area is 159 Å². The normalized spacial score (nSPS) is 10.7. The van der Waals surface area contributed by atoms with Gasteiger partial charge in [0.1, 0.15) is 18.2 Å². The molecular weight excluding hydrogens is 358 g/mol. The number of fused-ring (bicyclic) bond motifs is 1. The maximum absolute atomic E-state index is 12.3. The summed E-state index contributed by atoms with van der Waals surface area (Å²) in [6, 6.07) is 20.6. The van der Waals surface area contributed by atoms with Crippen molar-refractivity contribution in [2.45, 2.75) is 6.61 Å². The molecule has 0 aliphatic rings. The fourth-order valence-corrected chi connectivity index (χ4v) is 2.84. The van der Waals surface area contributed by atoms with Crippen molar-refractivity contribution in [1.82, 2.24) is 9.97 Å². The second-order valence-electron chi connectivity index (χ2n) is 6.17. The van der Waals surface area contributed by atoms with Crippen LogP contribution in [-0.4, -0.2) is 14.9 Å². The molecule has 1 N–H and O–H groups in total. The molecule has 0 aliphatic heterocycles. The number of rotatable bonds is 5. The minimum atomic E-state index is -0.439. The van der Waals surface area contributed by atoms with Crippen LogP contribution in [0, 0.1) is 10.1 Å². The van der Waals surface area contributed by atoms with Crippen LogP contribution in [0.15, 0.2) is 77.6 Å². The SMILES string of the molecule is O=c1[nH]c(-c2cccc(OCc3ccc([N+](=O)[O-])cc3)c2)nc2ccccc12. The number of nitro groups is 1. The summed E-state index contributed by atoms with van der Waals surface area (Å²) < 4.78 is 5.78. The van der Waals surface area contributed by atoms with Gasteiger partial charge >= 0.3 is 0 Å². The molecule has 1 aromatic heterocycles. The van der Waals surface area contributed by atoms with Crippen LogP contribution in [0.5, 0.6) is 5.75 Å². The Kier molecular flexibility index (Phi) is 4.55. The molecule has 0 atom stereocenters. The van der Waals surface area contributed by atoms with E-state index in [1.165, 1.54) is 12.1 Å². The maximum atomic E-state index is 12.3. The summed E-state index contributed by atoms with van der Waals surface area (Å²) in [6.07, 6.45) is 0. The number of non-ortho nitro benzene ring substituents is 1. The molecule has 0 saturated heterocycles. The molecule has 3 aromatic carbocycles. The van der Waals surface area contributed by atoms with Crippen molar-refractivity contribution in [3.8, 4) is 17.1 Å². The van der Waals surface area contributed by atoms with Crippen molar-refractivity contribution < 1.29 is 9.66 Å². The van der Waals surface area contributed by atoms with Gasteiger partial charge in [-0.2, -0.15) is 0 Å². The van der Waals surface area contributed by atoms with E-state index in [1.54, 1.807) is 42.5 Å². The summed E-state index contributed by atoms with van der Waals surface area (Å²) >= 11 is 0. The minimum absolute atomic E-state index is 0.0390. The van der Waals surface area contributed by atoms with Crippen molar-refractivity contribution in [2.75, 3.05) is 0 Å². The lowest BCUT2D eigenvalue weighted by molar-refractivity contribution is -0.384. The van der Waals surface area contributed by atoms with Crippen LogP contribution in [0.1, 0.15) is 5.56 Å². The number of hydrogen-bond donors (Lipinski definition) is 1. The van der Waals surface area contributed by atoms with E-state index < -0.39 is 4.92 Å². The molecule has 0 spiro atoms. The lowest BCUT2D eigenvalue weighted by Crippen LogP contribution is -2.09. The number of benzene rings is 3. The van der Waals surface area contributed by atoms with Gasteiger partial charge in [0, 0.05) is 17.7 Å². The van der Waals surface area contributed by atoms with Gasteiger partial charge in [0.05, 0.1) is 15.8 Å². The maximum Gasteiger partial charge on any atom is 0.269 e. The summed E-state index contributed by atoms with van der Waals surface area (Å²) in [5, 5.41) is 11.3. The van der Waals surface area contributed by atoms with Crippen LogP contribution in [-0.2, 0) is 6.61 Å². The lowest BCUT2D eigenvalue weighted by Gasteiger charge is -2.08. The van der Waals surface area contributed by atoms with Crippen LogP contribution >= 0.6 is 0 Å². The van der Waals surface area contributed by atoms with E-state index in [2.05, 4.69) is 9.97 Å². The van der Waals surface area contributed by atoms with E-state index in [-0.39, 0.29) is 17.9 Å². The zero-order valence-corrected chi connectivity index (χ0v) is 14.7. The monoisotopic (exact) mass is 373 g/mol. The summed E-state index contributed by atoms with van der Waals surface area (Å²) in [5.74, 6) is 1.07. The molecule has 0 amide bonds. The van der Waals surface area contributed by atoms with Crippen LogP contribution < -0.4 is 10.3 Å². The van der Waals surface area contributed by atoms with Gasteiger partial charge < -0.3 is 9.72 Å². The first-order valence-corrected chi connectivity index (χ1v) is 8.56. The largest absolute Gasteiger partial charge is 0.489 e. The lowest BCUT2D eigenvalue weighted by atomic mass is 10.2. The Balaban J connectivity index is 1.56. The number of ether oxygens (including phenoxy) is 1. The van der Waals surface area contributed by atoms with Crippen molar-refractivity contribution in [3.63, 3.8) is 0 Å². The smallest absolute Gasteiger partial charge is 0.269 e. The molecular formula is C21H15N3O4. The van der Waals surface area contributed by atoms with Crippen molar-refractivity contribution in [3.05, 3.63) is 98.8 Å². The van der Waals surface area contributed by atoms with E-state index >= 15 is 0 Å². The molecule has 7 nitrogen and oxygen atoms in total. The van der Waals surface area contributed by atoms with E-state index in [0.29, 0.717) is 22.5 Å². The van der Waals surface area contributed by atoms with Crippen LogP contribution in [0.3, 0.4) is 0 Å². The Morgan fingerprint density at radius 1 is 1.00 bits per heavy atom. The number of hydrogen-bond acceptors (Lipinski definition) is 5. The van der Waals surface area contributed by atoms with Crippen LogP contribution in [0.25, 0.3) is 22.3 Å². The van der Waals surface area contributed by atoms with Gasteiger partial charge in [0.2, 0.25) is 0 Å². The highest BCUT2D eigenvalue weighted by Crippen LogP contribution is 2.22. The Morgan fingerprint density at radius 2 is 1.79 bits per heavy atom. The highest BCUT2D eigenvalue weighted by molar-refractivity contribution is 5.79. The first kappa shape index (κ1) is 17.4. The number of nitro benzene ring substituents is 1. The molecule has 4 rings (SSSR count). The number of H-pyrrole nitrogens is 1. The predicted octanol–water partition coefficient (Wildman–Crippen LogP) is 4.08. The fourth-order valence-electron chi connectivity index (χ4n) is 2.84. The predicted molar refractivity (Wildman–Crippen MR) is 105 cm³/mol. The molecule has 138 valence electrons. The topological polar surface area (TPSA) is 98.1 Å². The number of aromatic nitrogens is 2. The van der Waals surface area contributed by atoms with Crippen molar-refractivity contribution in [1.29, 1.82) is 0 Å². The third-order valence-corrected chi connectivity index (χ3v) is 4.27.